The van der Waals surface area contributed by atoms with Crippen LogP contribution in [-0.2, 0) is 5.54 Å². The Kier molecular flexibility index (Phi) is 2.78. The molecule has 0 bridgehead atoms. The fraction of sp³-hybridized carbons (Fsp3) is 0.429. The first-order chi connectivity index (χ1) is 9.10. The Morgan fingerprint density at radius 2 is 2.16 bits per heavy atom. The highest BCUT2D eigenvalue weighted by Crippen LogP contribution is 2.28. The van der Waals surface area contributed by atoms with Crippen molar-refractivity contribution < 1.29 is 4.79 Å². The fourth-order valence-electron chi connectivity index (χ4n) is 2.72. The minimum absolute atomic E-state index is 0.0131. The van der Waals surface area contributed by atoms with Crippen LogP contribution < -0.4 is 11.1 Å². The van der Waals surface area contributed by atoms with Gasteiger partial charge in [-0.25, -0.2) is 0 Å². The lowest BCUT2D eigenvalue weighted by atomic mass is 9.91. The molecule has 0 unspecified atom stereocenters. The summed E-state index contributed by atoms with van der Waals surface area (Å²) in [5.41, 5.74) is 6.61. The topological polar surface area (TPSA) is 72.9 Å². The molecule has 1 amide bonds. The van der Waals surface area contributed by atoms with Gasteiger partial charge in [-0.05, 0) is 38.9 Å². The van der Waals surface area contributed by atoms with Gasteiger partial charge in [0.15, 0.2) is 0 Å². The van der Waals surface area contributed by atoms with Gasteiger partial charge in [0, 0.05) is 11.6 Å². The van der Waals surface area contributed by atoms with Crippen LogP contribution in [0.1, 0.15) is 30.1 Å². The van der Waals surface area contributed by atoms with Crippen LogP contribution in [0, 0.1) is 0 Å². The molecule has 0 spiro atoms. The summed E-state index contributed by atoms with van der Waals surface area (Å²) in [5, 5.41) is 8.94. The van der Waals surface area contributed by atoms with Crippen LogP contribution in [0.5, 0.6) is 0 Å². The molecular formula is C14H18N4O. The highest BCUT2D eigenvalue weighted by molar-refractivity contribution is 6.04. The molecule has 1 aliphatic heterocycles. The molecule has 5 nitrogen and oxygen atoms in total. The van der Waals surface area contributed by atoms with Crippen molar-refractivity contribution >= 4 is 16.8 Å². The summed E-state index contributed by atoms with van der Waals surface area (Å²) in [4.78, 5) is 11.4. The molecule has 2 heterocycles. The SMILES string of the molecule is CC1(n2cc3cccc(C(N)=O)c3n2)CCNCC1. The molecule has 0 atom stereocenters. The lowest BCUT2D eigenvalue weighted by Crippen LogP contribution is -2.42. The maximum absolute atomic E-state index is 11.4. The molecule has 5 heteroatoms. The number of carbonyl (C=O) groups excluding carboxylic acids is 1. The Hall–Kier alpha value is -1.88. The average Bonchev–Trinajstić information content (AvgIpc) is 2.83. The Labute approximate surface area is 111 Å². The lowest BCUT2D eigenvalue weighted by molar-refractivity contribution is 0.100. The van der Waals surface area contributed by atoms with E-state index < -0.39 is 5.91 Å². The van der Waals surface area contributed by atoms with Gasteiger partial charge in [0.25, 0.3) is 5.91 Å². The smallest absolute Gasteiger partial charge is 0.250 e. The molecular weight excluding hydrogens is 240 g/mol. The van der Waals surface area contributed by atoms with Gasteiger partial charge < -0.3 is 11.1 Å². The van der Waals surface area contributed by atoms with Gasteiger partial charge >= 0.3 is 0 Å². The molecule has 19 heavy (non-hydrogen) atoms. The van der Waals surface area contributed by atoms with E-state index >= 15 is 0 Å². The molecule has 1 fully saturated rings. The Balaban J connectivity index is 2.11. The van der Waals surface area contributed by atoms with Gasteiger partial charge in [-0.3, -0.25) is 9.48 Å². The number of primary amides is 1. The van der Waals surface area contributed by atoms with Gasteiger partial charge in [0.05, 0.1) is 11.1 Å². The first-order valence-electron chi connectivity index (χ1n) is 6.60. The van der Waals surface area contributed by atoms with Crippen molar-refractivity contribution in [3.8, 4) is 0 Å². The Morgan fingerprint density at radius 1 is 1.42 bits per heavy atom. The normalized spacial score (nSPS) is 18.6. The summed E-state index contributed by atoms with van der Waals surface area (Å²) in [6.07, 6.45) is 4.09. The summed E-state index contributed by atoms with van der Waals surface area (Å²) in [5.74, 6) is -0.425. The van der Waals surface area contributed by atoms with Gasteiger partial charge in [0.2, 0.25) is 0 Å². The highest BCUT2D eigenvalue weighted by atomic mass is 16.1. The van der Waals surface area contributed by atoms with E-state index in [-0.39, 0.29) is 5.54 Å². The molecule has 1 aliphatic rings. The van der Waals surface area contributed by atoms with Crippen LogP contribution in [0.3, 0.4) is 0 Å². The minimum atomic E-state index is -0.425. The number of rotatable bonds is 2. The van der Waals surface area contributed by atoms with Crippen molar-refractivity contribution in [1.82, 2.24) is 15.1 Å². The zero-order valence-electron chi connectivity index (χ0n) is 11.0. The Morgan fingerprint density at radius 3 is 2.84 bits per heavy atom. The minimum Gasteiger partial charge on any atom is -0.366 e. The zero-order chi connectivity index (χ0) is 13.5. The number of hydrogen-bond acceptors (Lipinski definition) is 3. The third-order valence-electron chi connectivity index (χ3n) is 4.04. The second-order valence-electron chi connectivity index (χ2n) is 5.43. The fourth-order valence-corrected chi connectivity index (χ4v) is 2.72. The summed E-state index contributed by atoms with van der Waals surface area (Å²) >= 11 is 0. The number of hydrogen-bond donors (Lipinski definition) is 2. The van der Waals surface area contributed by atoms with Gasteiger partial charge in [-0.2, -0.15) is 5.10 Å². The van der Waals surface area contributed by atoms with Crippen molar-refractivity contribution in [3.05, 3.63) is 30.0 Å². The molecule has 1 aromatic carbocycles. The summed E-state index contributed by atoms with van der Waals surface area (Å²) in [6, 6.07) is 5.54. The first kappa shape index (κ1) is 12.2. The summed E-state index contributed by atoms with van der Waals surface area (Å²) in [7, 11) is 0. The monoisotopic (exact) mass is 258 g/mol. The van der Waals surface area contributed by atoms with Crippen LogP contribution in [-0.4, -0.2) is 28.8 Å². The molecule has 100 valence electrons. The van der Waals surface area contributed by atoms with Crippen LogP contribution in [0.25, 0.3) is 10.9 Å². The predicted octanol–water partition coefficient (Wildman–Crippen LogP) is 1.23. The number of piperidine rings is 1. The van der Waals surface area contributed by atoms with Gasteiger partial charge in [0.1, 0.15) is 5.52 Å². The number of nitrogens with two attached hydrogens (primary N) is 1. The van der Waals surface area contributed by atoms with Crippen LogP contribution in [0.4, 0.5) is 0 Å². The third kappa shape index (κ3) is 2.00. The van der Waals surface area contributed by atoms with Gasteiger partial charge in [-0.15, -0.1) is 0 Å². The maximum Gasteiger partial charge on any atom is 0.250 e. The van der Waals surface area contributed by atoms with Crippen LogP contribution >= 0.6 is 0 Å². The van der Waals surface area contributed by atoms with E-state index in [1.165, 1.54) is 0 Å². The van der Waals surface area contributed by atoms with Crippen molar-refractivity contribution in [2.24, 2.45) is 5.73 Å². The molecule has 0 radical (unpaired) electrons. The highest BCUT2D eigenvalue weighted by Gasteiger charge is 2.29. The average molecular weight is 258 g/mol. The summed E-state index contributed by atoms with van der Waals surface area (Å²) < 4.78 is 2.00. The molecule has 2 aromatic rings. The largest absolute Gasteiger partial charge is 0.366 e. The molecule has 0 saturated carbocycles. The van der Waals surface area contributed by atoms with E-state index in [0.717, 1.165) is 31.3 Å². The maximum atomic E-state index is 11.4. The van der Waals surface area contributed by atoms with Crippen LogP contribution in [0.15, 0.2) is 24.4 Å². The third-order valence-corrected chi connectivity index (χ3v) is 4.04. The van der Waals surface area contributed by atoms with Crippen molar-refractivity contribution in [2.45, 2.75) is 25.3 Å². The molecule has 0 aliphatic carbocycles. The number of benzene rings is 1. The summed E-state index contributed by atoms with van der Waals surface area (Å²) in [6.45, 7) is 4.20. The van der Waals surface area contributed by atoms with Crippen molar-refractivity contribution in [2.75, 3.05) is 13.1 Å². The van der Waals surface area contributed by atoms with Crippen molar-refractivity contribution in [3.63, 3.8) is 0 Å². The van der Waals surface area contributed by atoms with E-state index in [1.807, 2.05) is 23.0 Å². The second kappa shape index (κ2) is 4.35. The van der Waals surface area contributed by atoms with E-state index in [4.69, 9.17) is 5.73 Å². The predicted molar refractivity (Wildman–Crippen MR) is 74.0 cm³/mol. The van der Waals surface area contributed by atoms with Crippen molar-refractivity contribution in [1.29, 1.82) is 0 Å². The number of nitrogens with one attached hydrogen (secondary N) is 1. The number of amides is 1. The van der Waals surface area contributed by atoms with Crippen LogP contribution in [0.2, 0.25) is 0 Å². The van der Waals surface area contributed by atoms with E-state index in [0.29, 0.717) is 11.1 Å². The van der Waals surface area contributed by atoms with E-state index in [1.54, 1.807) is 6.07 Å². The lowest BCUT2D eigenvalue weighted by Gasteiger charge is -2.34. The zero-order valence-corrected chi connectivity index (χ0v) is 11.0. The first-order valence-corrected chi connectivity index (χ1v) is 6.60. The quantitative estimate of drug-likeness (QED) is 0.851. The molecule has 1 aromatic heterocycles. The van der Waals surface area contributed by atoms with E-state index in [2.05, 4.69) is 17.3 Å². The number of nitrogens with zero attached hydrogens (tertiary/aromatic N) is 2. The molecule has 1 saturated heterocycles. The number of fused-ring (bicyclic) bond motifs is 1. The number of carbonyl (C=O) groups is 1. The standard InChI is InChI=1S/C14H18N4O/c1-14(5-7-16-8-6-14)18-9-10-3-2-4-11(13(15)19)12(10)17-18/h2-4,9,16H,5-8H2,1H3,(H2,15,19). The molecule has 3 rings (SSSR count). The Bertz CT molecular complexity index is 625. The number of aromatic nitrogens is 2. The van der Waals surface area contributed by atoms with Gasteiger partial charge in [-0.1, -0.05) is 12.1 Å². The molecule has 3 N–H and O–H groups in total. The second-order valence-corrected chi connectivity index (χ2v) is 5.43. The van der Waals surface area contributed by atoms with E-state index in [9.17, 15) is 4.79 Å².